The molecule has 0 spiro atoms. The summed E-state index contributed by atoms with van der Waals surface area (Å²) in [5, 5.41) is 13.0. The molecule has 0 aromatic heterocycles. The Bertz CT molecular complexity index is 2150. The summed E-state index contributed by atoms with van der Waals surface area (Å²) >= 11 is 24.0. The molecule has 336 valence electrons. The second kappa shape index (κ2) is 23.2. The van der Waals surface area contributed by atoms with Crippen LogP contribution in [0, 0.1) is 0 Å². The van der Waals surface area contributed by atoms with E-state index in [0.717, 1.165) is 58.1 Å². The summed E-state index contributed by atoms with van der Waals surface area (Å²) in [6.45, 7) is 25.2. The maximum atomic E-state index is 10.4. The van der Waals surface area contributed by atoms with Gasteiger partial charge in [0.2, 0.25) is 0 Å². The fourth-order valence-electron chi connectivity index (χ4n) is 5.49. The van der Waals surface area contributed by atoms with Gasteiger partial charge >= 0.3 is 0 Å². The van der Waals surface area contributed by atoms with Crippen LogP contribution in [0.4, 0.5) is 0 Å². The van der Waals surface area contributed by atoms with Crippen LogP contribution in [-0.4, -0.2) is 41.6 Å². The lowest BCUT2D eigenvalue weighted by atomic mass is 10.1. The second-order valence-electron chi connectivity index (χ2n) is 18.4. The van der Waals surface area contributed by atoms with Crippen LogP contribution in [0.3, 0.4) is 0 Å². The molecule has 5 aromatic carbocycles. The summed E-state index contributed by atoms with van der Waals surface area (Å²) in [6, 6.07) is 34.7. The Morgan fingerprint density at radius 1 is 0.500 bits per heavy atom. The maximum Gasteiger partial charge on any atom is 0.191 e. The van der Waals surface area contributed by atoms with Crippen LogP contribution in [0.25, 0.3) is 11.1 Å². The van der Waals surface area contributed by atoms with Crippen molar-refractivity contribution in [2.45, 2.75) is 110 Å². The zero-order valence-corrected chi connectivity index (χ0v) is 42.9. The van der Waals surface area contributed by atoms with Crippen molar-refractivity contribution in [3.63, 3.8) is 0 Å². The Labute approximate surface area is 393 Å². The number of ether oxygens (including phenoxy) is 3. The average Bonchev–Trinajstić information content (AvgIpc) is 3.21. The van der Waals surface area contributed by atoms with Crippen molar-refractivity contribution >= 4 is 63.0 Å². The van der Waals surface area contributed by atoms with Gasteiger partial charge in [-0.05, 0) is 131 Å². The quantitative estimate of drug-likeness (QED) is 0.0697. The van der Waals surface area contributed by atoms with E-state index in [1.807, 2.05) is 66.7 Å². The highest BCUT2D eigenvalue weighted by molar-refractivity contribution is 6.74. The molecule has 5 rings (SSSR count). The first-order valence-corrected chi connectivity index (χ1v) is 28.4. The van der Waals surface area contributed by atoms with E-state index in [1.54, 1.807) is 18.2 Å². The van der Waals surface area contributed by atoms with E-state index in [9.17, 15) is 5.11 Å². The third-order valence-corrected chi connectivity index (χ3v) is 22.1. The van der Waals surface area contributed by atoms with Gasteiger partial charge in [0, 0.05) is 19.6 Å². The average molecular weight is 959 g/mol. The van der Waals surface area contributed by atoms with Crippen molar-refractivity contribution < 1.29 is 28.2 Å². The molecule has 0 fully saturated rings. The lowest BCUT2D eigenvalue weighted by molar-refractivity contribution is 0.136. The molecule has 5 aromatic rings. The van der Waals surface area contributed by atoms with Crippen LogP contribution >= 0.6 is 46.4 Å². The highest BCUT2D eigenvalue weighted by Crippen LogP contribution is 2.38. The van der Waals surface area contributed by atoms with Crippen molar-refractivity contribution in [1.82, 2.24) is 0 Å². The summed E-state index contributed by atoms with van der Waals surface area (Å²) in [6.07, 6.45) is 0.909. The summed E-state index contributed by atoms with van der Waals surface area (Å²) in [5.41, 5.74) is 4.99. The molecule has 6 nitrogen and oxygen atoms in total. The molecule has 0 saturated carbocycles. The molecule has 1 N–H and O–H groups in total. The second-order valence-corrected chi connectivity index (χ2v) is 29.7. The molecule has 0 saturated heterocycles. The Balaban J connectivity index is 0.000000278. The molecule has 0 radical (unpaired) electrons. The summed E-state index contributed by atoms with van der Waals surface area (Å²) in [4.78, 5) is 0. The van der Waals surface area contributed by atoms with Crippen LogP contribution in [-0.2, 0) is 22.1 Å². The van der Waals surface area contributed by atoms with Gasteiger partial charge in [0.05, 0.1) is 32.8 Å². The smallest absolute Gasteiger partial charge is 0.191 e. The normalized spacial score (nSPS) is 12.6. The van der Waals surface area contributed by atoms with E-state index < -0.39 is 22.7 Å². The molecule has 62 heavy (non-hydrogen) atoms. The summed E-state index contributed by atoms with van der Waals surface area (Å²) in [5.74, 6) is 2.40. The van der Waals surface area contributed by atoms with Crippen LogP contribution < -0.4 is 14.2 Å². The van der Waals surface area contributed by atoms with Crippen LogP contribution in [0.2, 0.25) is 56.4 Å². The molecule has 0 aliphatic carbocycles. The fraction of sp³-hybridized carbons (Fsp3) is 0.400. The summed E-state index contributed by atoms with van der Waals surface area (Å²) < 4.78 is 30.0. The predicted octanol–water partition coefficient (Wildman–Crippen LogP) is 16.0. The Morgan fingerprint density at radius 3 is 1.47 bits per heavy atom. The standard InChI is InChI=1S/C28H34Cl2O3Si.C22H30Cl2O3Si/c1-28(2,3)34(4,5)33-17-7-16-31-25-9-6-8-23(19-25)22-11-13-24(14-12-22)32-20-21-10-15-26(29)27(30)18-21;1-22(2,3)28(4,5)27-13-12-21(25)17-7-9-18(10-8-17)26-15-16-6-11-19(23)20(24)14-16/h6,8-15,18-19H,7,16-17,20H2,1-5H3;6-11,14,21,25H,12-13,15H2,1-5H3. The van der Waals surface area contributed by atoms with Gasteiger partial charge in [-0.2, -0.15) is 0 Å². The van der Waals surface area contributed by atoms with E-state index >= 15 is 0 Å². The van der Waals surface area contributed by atoms with Crippen molar-refractivity contribution in [3.8, 4) is 28.4 Å². The van der Waals surface area contributed by atoms with Crippen LogP contribution in [0.1, 0.15) is 77.2 Å². The third kappa shape index (κ3) is 16.2. The number of halogens is 4. The number of aliphatic hydroxyl groups is 1. The minimum absolute atomic E-state index is 0.172. The van der Waals surface area contributed by atoms with Gasteiger partial charge in [-0.3, -0.25) is 0 Å². The highest BCUT2D eigenvalue weighted by Gasteiger charge is 2.37. The predicted molar refractivity (Wildman–Crippen MR) is 266 cm³/mol. The zero-order valence-electron chi connectivity index (χ0n) is 37.9. The van der Waals surface area contributed by atoms with Crippen LogP contribution in [0.15, 0.2) is 109 Å². The number of rotatable bonds is 18. The first-order chi connectivity index (χ1) is 29.0. The van der Waals surface area contributed by atoms with Gasteiger partial charge in [-0.15, -0.1) is 0 Å². The topological polar surface area (TPSA) is 66.4 Å². The van der Waals surface area contributed by atoms with Gasteiger partial charge in [0.25, 0.3) is 0 Å². The van der Waals surface area contributed by atoms with Gasteiger partial charge in [-0.25, -0.2) is 0 Å². The lowest BCUT2D eigenvalue weighted by Gasteiger charge is -2.36. The molecular formula is C50H64Cl4O6Si2. The number of hydrogen-bond acceptors (Lipinski definition) is 6. The number of aliphatic hydroxyl groups excluding tert-OH is 1. The SMILES string of the molecule is CC(C)(C)[Si](C)(C)OCCC(O)c1ccc(OCc2ccc(Cl)c(Cl)c2)cc1.CC(C)(C)[Si](C)(C)OCCCOc1cccc(-c2ccc(OCc3ccc(Cl)c(Cl)c3)cc2)c1. The minimum Gasteiger partial charge on any atom is -0.493 e. The maximum absolute atomic E-state index is 10.4. The molecule has 0 bridgehead atoms. The Morgan fingerprint density at radius 2 is 0.984 bits per heavy atom. The van der Waals surface area contributed by atoms with Gasteiger partial charge in [-0.1, -0.05) is 136 Å². The van der Waals surface area contributed by atoms with E-state index in [1.165, 1.54) is 0 Å². The van der Waals surface area contributed by atoms with E-state index in [0.29, 0.717) is 52.9 Å². The number of benzene rings is 5. The zero-order chi connectivity index (χ0) is 45.7. The molecular weight excluding hydrogens is 895 g/mol. The van der Waals surface area contributed by atoms with Gasteiger partial charge < -0.3 is 28.2 Å². The Kier molecular flexibility index (Phi) is 19.3. The molecule has 0 aliphatic heterocycles. The van der Waals surface area contributed by atoms with Crippen molar-refractivity contribution in [1.29, 1.82) is 0 Å². The van der Waals surface area contributed by atoms with Gasteiger partial charge in [0.15, 0.2) is 16.6 Å². The van der Waals surface area contributed by atoms with Crippen LogP contribution in [0.5, 0.6) is 17.2 Å². The molecule has 0 amide bonds. The van der Waals surface area contributed by atoms with Crippen molar-refractivity contribution in [2.75, 3.05) is 19.8 Å². The molecule has 0 heterocycles. The largest absolute Gasteiger partial charge is 0.493 e. The van der Waals surface area contributed by atoms with E-state index in [-0.39, 0.29) is 10.1 Å². The lowest BCUT2D eigenvalue weighted by Crippen LogP contribution is -2.41. The minimum atomic E-state index is -1.78. The molecule has 1 atom stereocenters. The fourth-order valence-corrected chi connectivity index (χ4v) is 8.28. The highest BCUT2D eigenvalue weighted by atomic mass is 35.5. The third-order valence-electron chi connectivity index (χ3n) is 11.6. The van der Waals surface area contributed by atoms with E-state index in [4.69, 9.17) is 69.5 Å². The first kappa shape index (κ1) is 51.6. The van der Waals surface area contributed by atoms with Crippen molar-refractivity contribution in [2.24, 2.45) is 0 Å². The molecule has 0 aliphatic rings. The molecule has 1 unspecified atom stereocenters. The Hall–Kier alpha value is -3.03. The van der Waals surface area contributed by atoms with Gasteiger partial charge in [0.1, 0.15) is 30.5 Å². The first-order valence-electron chi connectivity index (χ1n) is 21.1. The van der Waals surface area contributed by atoms with Crippen molar-refractivity contribution in [3.05, 3.63) is 146 Å². The molecule has 12 heteroatoms. The summed E-state index contributed by atoms with van der Waals surface area (Å²) in [7, 11) is -3.48. The monoisotopic (exact) mass is 956 g/mol. The number of hydrogen-bond donors (Lipinski definition) is 1. The van der Waals surface area contributed by atoms with E-state index in [2.05, 4.69) is 92.0 Å².